The first-order chi connectivity index (χ1) is 10.0. The number of nitrogens with two attached hydrogens (primary N) is 1. The van der Waals surface area contributed by atoms with E-state index in [1.165, 1.54) is 5.56 Å². The Hall–Kier alpha value is -2.49. The number of fused-ring (bicyclic) bond motifs is 1. The predicted molar refractivity (Wildman–Crippen MR) is 83.6 cm³/mol. The molecule has 2 N–H and O–H groups in total. The second-order valence-electron chi connectivity index (χ2n) is 5.42. The van der Waals surface area contributed by atoms with Gasteiger partial charge in [-0.1, -0.05) is 29.8 Å². The van der Waals surface area contributed by atoms with Gasteiger partial charge in [0.05, 0.1) is 5.69 Å². The van der Waals surface area contributed by atoms with E-state index < -0.39 is 6.10 Å². The molecule has 2 aromatic carbocycles. The summed E-state index contributed by atoms with van der Waals surface area (Å²) < 4.78 is 5.87. The SMILES string of the molecule is Cc1cccc(CC2Oc3cc(N)ccc3N(C)C2=O)c1. The predicted octanol–water partition coefficient (Wildman–Crippen LogP) is 2.54. The maximum atomic E-state index is 12.4. The molecule has 0 aromatic heterocycles. The summed E-state index contributed by atoms with van der Waals surface area (Å²) in [4.78, 5) is 14.1. The lowest BCUT2D eigenvalue weighted by atomic mass is 10.0. The van der Waals surface area contributed by atoms with E-state index in [0.717, 1.165) is 11.3 Å². The number of ether oxygens (including phenoxy) is 1. The smallest absolute Gasteiger partial charge is 0.268 e. The molecule has 0 spiro atoms. The van der Waals surface area contributed by atoms with Crippen molar-refractivity contribution in [3.63, 3.8) is 0 Å². The first kappa shape index (κ1) is 13.5. The van der Waals surface area contributed by atoms with Crippen molar-refractivity contribution in [2.45, 2.75) is 19.4 Å². The Balaban J connectivity index is 1.89. The molecule has 0 aliphatic carbocycles. The minimum atomic E-state index is -0.508. The minimum absolute atomic E-state index is 0.0335. The van der Waals surface area contributed by atoms with Crippen molar-refractivity contribution in [1.29, 1.82) is 0 Å². The van der Waals surface area contributed by atoms with E-state index in [-0.39, 0.29) is 5.91 Å². The Labute approximate surface area is 124 Å². The van der Waals surface area contributed by atoms with E-state index in [1.807, 2.05) is 31.2 Å². The quantitative estimate of drug-likeness (QED) is 0.861. The molecule has 4 nitrogen and oxygen atoms in total. The summed E-state index contributed by atoms with van der Waals surface area (Å²) in [5, 5.41) is 0. The highest BCUT2D eigenvalue weighted by Gasteiger charge is 2.32. The van der Waals surface area contributed by atoms with Crippen molar-refractivity contribution < 1.29 is 9.53 Å². The summed E-state index contributed by atoms with van der Waals surface area (Å²) in [5.74, 6) is 0.628. The molecule has 108 valence electrons. The van der Waals surface area contributed by atoms with Gasteiger partial charge in [0, 0.05) is 25.2 Å². The van der Waals surface area contributed by atoms with Gasteiger partial charge in [0.1, 0.15) is 5.75 Å². The second-order valence-corrected chi connectivity index (χ2v) is 5.42. The van der Waals surface area contributed by atoms with Crippen molar-refractivity contribution >= 4 is 17.3 Å². The minimum Gasteiger partial charge on any atom is -0.478 e. The lowest BCUT2D eigenvalue weighted by Crippen LogP contribution is -2.44. The topological polar surface area (TPSA) is 55.6 Å². The third-order valence-corrected chi connectivity index (χ3v) is 3.72. The fourth-order valence-corrected chi connectivity index (χ4v) is 2.62. The van der Waals surface area contributed by atoms with Gasteiger partial charge in [-0.25, -0.2) is 0 Å². The van der Waals surface area contributed by atoms with Crippen molar-refractivity contribution in [2.75, 3.05) is 17.7 Å². The first-order valence-corrected chi connectivity index (χ1v) is 6.94. The highest BCUT2D eigenvalue weighted by Crippen LogP contribution is 2.35. The summed E-state index contributed by atoms with van der Waals surface area (Å²) in [5.41, 5.74) is 9.45. The number of carbonyl (C=O) groups excluding carboxylic acids is 1. The van der Waals surface area contributed by atoms with Crippen LogP contribution in [0.5, 0.6) is 5.75 Å². The van der Waals surface area contributed by atoms with Crippen LogP contribution in [-0.2, 0) is 11.2 Å². The largest absolute Gasteiger partial charge is 0.478 e. The van der Waals surface area contributed by atoms with Gasteiger partial charge in [-0.3, -0.25) is 4.79 Å². The molecule has 21 heavy (non-hydrogen) atoms. The Morgan fingerprint density at radius 2 is 2.05 bits per heavy atom. The number of hydrogen-bond acceptors (Lipinski definition) is 3. The fraction of sp³-hybridized carbons (Fsp3) is 0.235. The van der Waals surface area contributed by atoms with Crippen molar-refractivity contribution in [2.24, 2.45) is 0 Å². The Morgan fingerprint density at radius 1 is 1.24 bits per heavy atom. The number of carbonyl (C=O) groups is 1. The fourth-order valence-electron chi connectivity index (χ4n) is 2.62. The zero-order chi connectivity index (χ0) is 15.0. The molecule has 0 radical (unpaired) electrons. The van der Waals surface area contributed by atoms with Crippen LogP contribution in [-0.4, -0.2) is 19.1 Å². The van der Waals surface area contributed by atoms with E-state index in [2.05, 4.69) is 6.07 Å². The standard InChI is InChI=1S/C17H18N2O2/c1-11-4-3-5-12(8-11)9-16-17(20)19(2)14-7-6-13(18)10-15(14)21-16/h3-8,10,16H,9,18H2,1-2H3. The number of benzene rings is 2. The lowest BCUT2D eigenvalue weighted by Gasteiger charge is -2.32. The maximum Gasteiger partial charge on any atom is 0.268 e. The van der Waals surface area contributed by atoms with E-state index >= 15 is 0 Å². The molecule has 1 aliphatic heterocycles. The number of hydrogen-bond donors (Lipinski definition) is 1. The Kier molecular flexibility index (Phi) is 3.29. The summed E-state index contributed by atoms with van der Waals surface area (Å²) in [6, 6.07) is 13.5. The number of aryl methyl sites for hydroxylation is 1. The zero-order valence-electron chi connectivity index (χ0n) is 12.2. The lowest BCUT2D eigenvalue weighted by molar-refractivity contribution is -0.125. The van der Waals surface area contributed by atoms with Crippen LogP contribution in [0.2, 0.25) is 0 Å². The van der Waals surface area contributed by atoms with Gasteiger partial charge in [0.2, 0.25) is 0 Å². The van der Waals surface area contributed by atoms with Crippen LogP contribution in [0, 0.1) is 6.92 Å². The van der Waals surface area contributed by atoms with Gasteiger partial charge >= 0.3 is 0 Å². The molecule has 0 bridgehead atoms. The number of rotatable bonds is 2. The van der Waals surface area contributed by atoms with Crippen LogP contribution in [0.25, 0.3) is 0 Å². The Bertz CT molecular complexity index is 697. The van der Waals surface area contributed by atoms with Crippen LogP contribution in [0.4, 0.5) is 11.4 Å². The third kappa shape index (κ3) is 2.57. The first-order valence-electron chi connectivity index (χ1n) is 6.94. The summed E-state index contributed by atoms with van der Waals surface area (Å²) in [6.45, 7) is 2.04. The van der Waals surface area contributed by atoms with Gasteiger partial charge in [-0.15, -0.1) is 0 Å². The molecule has 1 atom stereocenters. The van der Waals surface area contributed by atoms with Crippen molar-refractivity contribution in [3.8, 4) is 5.75 Å². The molecular formula is C17H18N2O2. The third-order valence-electron chi connectivity index (χ3n) is 3.72. The van der Waals surface area contributed by atoms with Crippen molar-refractivity contribution in [1.82, 2.24) is 0 Å². The number of anilines is 2. The van der Waals surface area contributed by atoms with Crippen LogP contribution in [0.1, 0.15) is 11.1 Å². The molecule has 1 unspecified atom stereocenters. The van der Waals surface area contributed by atoms with E-state index in [4.69, 9.17) is 10.5 Å². The zero-order valence-corrected chi connectivity index (χ0v) is 12.2. The Morgan fingerprint density at radius 3 is 2.81 bits per heavy atom. The number of nitrogen functional groups attached to an aromatic ring is 1. The van der Waals surface area contributed by atoms with Gasteiger partial charge in [-0.05, 0) is 24.6 Å². The molecule has 2 aromatic rings. The molecule has 4 heteroatoms. The maximum absolute atomic E-state index is 12.4. The molecule has 1 heterocycles. The van der Waals surface area contributed by atoms with Crippen LogP contribution >= 0.6 is 0 Å². The van der Waals surface area contributed by atoms with Gasteiger partial charge < -0.3 is 15.4 Å². The second kappa shape index (κ2) is 5.13. The highest BCUT2D eigenvalue weighted by molar-refractivity contribution is 6.00. The van der Waals surface area contributed by atoms with Crippen LogP contribution in [0.3, 0.4) is 0 Å². The normalized spacial score (nSPS) is 17.3. The van der Waals surface area contributed by atoms with E-state index in [0.29, 0.717) is 17.9 Å². The summed E-state index contributed by atoms with van der Waals surface area (Å²) in [7, 11) is 1.77. The monoisotopic (exact) mass is 282 g/mol. The summed E-state index contributed by atoms with van der Waals surface area (Å²) >= 11 is 0. The van der Waals surface area contributed by atoms with E-state index in [9.17, 15) is 4.79 Å². The van der Waals surface area contributed by atoms with Gasteiger partial charge in [0.15, 0.2) is 6.10 Å². The highest BCUT2D eigenvalue weighted by atomic mass is 16.5. The van der Waals surface area contributed by atoms with Crippen molar-refractivity contribution in [3.05, 3.63) is 53.6 Å². The van der Waals surface area contributed by atoms with Gasteiger partial charge in [0.25, 0.3) is 5.91 Å². The molecule has 1 amide bonds. The average Bonchev–Trinajstić information content (AvgIpc) is 2.44. The molecule has 0 saturated heterocycles. The molecule has 0 saturated carbocycles. The number of likely N-dealkylation sites (N-methyl/N-ethyl adjacent to an activating group) is 1. The number of amides is 1. The average molecular weight is 282 g/mol. The summed E-state index contributed by atoms with van der Waals surface area (Å²) in [6.07, 6.45) is 0.0464. The molecule has 1 aliphatic rings. The van der Waals surface area contributed by atoms with Gasteiger partial charge in [-0.2, -0.15) is 0 Å². The molecular weight excluding hydrogens is 264 g/mol. The molecule has 3 rings (SSSR count). The van der Waals surface area contributed by atoms with Crippen LogP contribution in [0.15, 0.2) is 42.5 Å². The molecule has 0 fully saturated rings. The number of nitrogens with zero attached hydrogens (tertiary/aromatic N) is 1. The van der Waals surface area contributed by atoms with Crippen LogP contribution < -0.4 is 15.4 Å². The van der Waals surface area contributed by atoms with E-state index in [1.54, 1.807) is 24.1 Å².